The summed E-state index contributed by atoms with van der Waals surface area (Å²) in [5.41, 5.74) is 4.56. The van der Waals surface area contributed by atoms with Crippen molar-refractivity contribution in [2.24, 2.45) is 0 Å². The second-order valence-electron chi connectivity index (χ2n) is 6.87. The zero-order valence-electron chi connectivity index (χ0n) is 15.8. The molecule has 0 radical (unpaired) electrons. The van der Waals surface area contributed by atoms with Crippen molar-refractivity contribution in [2.45, 2.75) is 38.7 Å². The molecule has 1 aromatic heterocycles. The van der Waals surface area contributed by atoms with E-state index in [1.807, 2.05) is 25.3 Å². The first-order chi connectivity index (χ1) is 13.2. The topological polar surface area (TPSA) is 46.0 Å². The Morgan fingerprint density at radius 1 is 1.11 bits per heavy atom. The lowest BCUT2D eigenvalue weighted by atomic mass is 10.0. The number of hydrogen-bond acceptors (Lipinski definition) is 3. The molecule has 0 aliphatic rings. The molecule has 138 valence electrons. The van der Waals surface area contributed by atoms with Gasteiger partial charge in [0.1, 0.15) is 0 Å². The van der Waals surface area contributed by atoms with Gasteiger partial charge in [0, 0.05) is 11.6 Å². The maximum Gasteiger partial charge on any atom is 0.152 e. The van der Waals surface area contributed by atoms with Crippen molar-refractivity contribution in [1.29, 1.82) is 0 Å². The van der Waals surface area contributed by atoms with Crippen LogP contribution in [0.5, 0.6) is 0 Å². The SMILES string of the molecule is C=CCc1ccc(-c2ccc3nc(/C=C/CCCC(C)O)ncc3c2)cc1. The first kappa shape index (κ1) is 19.0. The molecule has 0 saturated carbocycles. The van der Waals surface area contributed by atoms with Crippen molar-refractivity contribution in [3.8, 4) is 11.1 Å². The fourth-order valence-corrected chi connectivity index (χ4v) is 3.03. The summed E-state index contributed by atoms with van der Waals surface area (Å²) in [4.78, 5) is 9.08. The van der Waals surface area contributed by atoms with Gasteiger partial charge >= 0.3 is 0 Å². The van der Waals surface area contributed by atoms with E-state index in [2.05, 4.69) is 65.1 Å². The Hall–Kier alpha value is -2.78. The van der Waals surface area contributed by atoms with Crippen LogP contribution in [-0.4, -0.2) is 21.2 Å². The molecule has 3 heteroatoms. The van der Waals surface area contributed by atoms with Crippen LogP contribution in [0.3, 0.4) is 0 Å². The molecular weight excluding hydrogens is 332 g/mol. The van der Waals surface area contributed by atoms with Crippen molar-refractivity contribution in [2.75, 3.05) is 0 Å². The third kappa shape index (κ3) is 5.35. The van der Waals surface area contributed by atoms with Crippen LogP contribution in [0, 0.1) is 0 Å². The minimum Gasteiger partial charge on any atom is -0.393 e. The van der Waals surface area contributed by atoms with Gasteiger partial charge in [-0.25, -0.2) is 9.97 Å². The van der Waals surface area contributed by atoms with Gasteiger partial charge in [-0.15, -0.1) is 6.58 Å². The summed E-state index contributed by atoms with van der Waals surface area (Å²) in [5, 5.41) is 10.3. The average molecular weight is 358 g/mol. The van der Waals surface area contributed by atoms with Crippen LogP contribution in [0.15, 0.2) is 67.4 Å². The van der Waals surface area contributed by atoms with E-state index >= 15 is 0 Å². The molecule has 3 aromatic rings. The van der Waals surface area contributed by atoms with Crippen LogP contribution < -0.4 is 0 Å². The lowest BCUT2D eigenvalue weighted by Crippen LogP contribution is -1.97. The number of benzene rings is 2. The van der Waals surface area contributed by atoms with Crippen molar-refractivity contribution in [3.63, 3.8) is 0 Å². The van der Waals surface area contributed by atoms with Gasteiger partial charge in [-0.1, -0.05) is 42.5 Å². The zero-order chi connectivity index (χ0) is 19.1. The monoisotopic (exact) mass is 358 g/mol. The number of hydrogen-bond donors (Lipinski definition) is 1. The molecule has 0 amide bonds. The first-order valence-electron chi connectivity index (χ1n) is 9.47. The molecule has 3 rings (SSSR count). The van der Waals surface area contributed by atoms with Crippen LogP contribution in [0.25, 0.3) is 28.1 Å². The van der Waals surface area contributed by atoms with Gasteiger partial charge in [0.05, 0.1) is 11.6 Å². The fourth-order valence-electron chi connectivity index (χ4n) is 3.03. The van der Waals surface area contributed by atoms with E-state index in [0.717, 1.165) is 48.0 Å². The van der Waals surface area contributed by atoms with Crippen molar-refractivity contribution < 1.29 is 5.11 Å². The van der Waals surface area contributed by atoms with Crippen LogP contribution >= 0.6 is 0 Å². The predicted molar refractivity (Wildman–Crippen MR) is 113 cm³/mol. The number of rotatable bonds is 8. The molecule has 0 aliphatic heterocycles. The van der Waals surface area contributed by atoms with Crippen LogP contribution in [0.4, 0.5) is 0 Å². The normalized spacial score (nSPS) is 12.5. The van der Waals surface area contributed by atoms with E-state index in [-0.39, 0.29) is 6.10 Å². The van der Waals surface area contributed by atoms with Gasteiger partial charge in [0.2, 0.25) is 0 Å². The number of aliphatic hydroxyl groups excluding tert-OH is 1. The Morgan fingerprint density at radius 3 is 2.63 bits per heavy atom. The molecule has 1 unspecified atom stereocenters. The molecule has 0 spiro atoms. The molecule has 1 atom stereocenters. The number of nitrogens with zero attached hydrogens (tertiary/aromatic N) is 2. The van der Waals surface area contributed by atoms with E-state index in [1.54, 1.807) is 0 Å². The van der Waals surface area contributed by atoms with E-state index in [9.17, 15) is 5.11 Å². The Morgan fingerprint density at radius 2 is 1.89 bits per heavy atom. The molecule has 27 heavy (non-hydrogen) atoms. The summed E-state index contributed by atoms with van der Waals surface area (Å²) in [5.74, 6) is 0.723. The molecule has 1 N–H and O–H groups in total. The molecule has 2 aromatic carbocycles. The fraction of sp³-hybridized carbons (Fsp3) is 0.250. The van der Waals surface area contributed by atoms with Crippen molar-refractivity contribution >= 4 is 17.0 Å². The number of unbranched alkanes of at least 4 members (excludes halogenated alkanes) is 1. The Labute approximate surface area is 161 Å². The van der Waals surface area contributed by atoms with E-state index in [0.29, 0.717) is 0 Å². The highest BCUT2D eigenvalue weighted by atomic mass is 16.3. The highest BCUT2D eigenvalue weighted by molar-refractivity contribution is 5.84. The molecule has 0 saturated heterocycles. The summed E-state index contributed by atoms with van der Waals surface area (Å²) < 4.78 is 0. The average Bonchev–Trinajstić information content (AvgIpc) is 2.68. The van der Waals surface area contributed by atoms with E-state index in [4.69, 9.17) is 0 Å². The molecule has 3 nitrogen and oxygen atoms in total. The van der Waals surface area contributed by atoms with Crippen molar-refractivity contribution in [1.82, 2.24) is 9.97 Å². The number of allylic oxidation sites excluding steroid dienone is 2. The Balaban J connectivity index is 1.73. The van der Waals surface area contributed by atoms with Gasteiger partial charge in [-0.05, 0) is 67.5 Å². The maximum atomic E-state index is 9.28. The minimum atomic E-state index is -0.234. The van der Waals surface area contributed by atoms with E-state index < -0.39 is 0 Å². The Kier molecular flexibility index (Phi) is 6.50. The quantitative estimate of drug-likeness (QED) is 0.422. The molecule has 1 heterocycles. The third-order valence-electron chi connectivity index (χ3n) is 4.53. The summed E-state index contributed by atoms with van der Waals surface area (Å²) in [6.45, 7) is 5.60. The van der Waals surface area contributed by atoms with Gasteiger partial charge in [0.25, 0.3) is 0 Å². The van der Waals surface area contributed by atoms with Gasteiger partial charge in [0.15, 0.2) is 5.82 Å². The predicted octanol–water partition coefficient (Wildman–Crippen LogP) is 5.59. The minimum absolute atomic E-state index is 0.234. The first-order valence-corrected chi connectivity index (χ1v) is 9.47. The number of aromatic nitrogens is 2. The third-order valence-corrected chi connectivity index (χ3v) is 4.53. The number of aliphatic hydroxyl groups is 1. The second-order valence-corrected chi connectivity index (χ2v) is 6.87. The molecule has 0 fully saturated rings. The van der Waals surface area contributed by atoms with E-state index in [1.165, 1.54) is 11.1 Å². The summed E-state index contributed by atoms with van der Waals surface area (Å²) in [7, 11) is 0. The maximum absolute atomic E-state index is 9.28. The molecule has 0 aliphatic carbocycles. The number of fused-ring (bicyclic) bond motifs is 1. The summed E-state index contributed by atoms with van der Waals surface area (Å²) >= 11 is 0. The largest absolute Gasteiger partial charge is 0.393 e. The standard InChI is InChI=1S/C24H26N2O/c1-3-7-19-10-12-20(13-11-19)21-14-15-23-22(16-21)17-25-24(26-23)9-6-4-5-8-18(2)27/h3,6,9-18,27H,1,4-5,7-8H2,2H3/b9-6+. The lowest BCUT2D eigenvalue weighted by Gasteiger charge is -2.05. The van der Waals surface area contributed by atoms with Crippen molar-refractivity contribution in [3.05, 3.63) is 78.8 Å². The molecule has 0 bridgehead atoms. The summed E-state index contributed by atoms with van der Waals surface area (Å²) in [6.07, 6.45) is 11.2. The van der Waals surface area contributed by atoms with Crippen LogP contribution in [0.1, 0.15) is 37.6 Å². The molecular formula is C24H26N2O. The van der Waals surface area contributed by atoms with Gasteiger partial charge in [-0.2, -0.15) is 0 Å². The second kappa shape index (κ2) is 9.24. The Bertz CT molecular complexity index is 927. The highest BCUT2D eigenvalue weighted by Crippen LogP contribution is 2.24. The van der Waals surface area contributed by atoms with Gasteiger partial charge < -0.3 is 5.11 Å². The highest BCUT2D eigenvalue weighted by Gasteiger charge is 2.03. The lowest BCUT2D eigenvalue weighted by molar-refractivity contribution is 0.182. The van der Waals surface area contributed by atoms with Gasteiger partial charge in [-0.3, -0.25) is 0 Å². The van der Waals surface area contributed by atoms with Crippen LogP contribution in [-0.2, 0) is 6.42 Å². The zero-order valence-corrected chi connectivity index (χ0v) is 15.8. The summed E-state index contributed by atoms with van der Waals surface area (Å²) in [6, 6.07) is 14.9. The van der Waals surface area contributed by atoms with Crippen LogP contribution in [0.2, 0.25) is 0 Å². The smallest absolute Gasteiger partial charge is 0.152 e.